The first-order valence-electron chi connectivity index (χ1n) is 2.81. The lowest BCUT2D eigenvalue weighted by molar-refractivity contribution is -0.870. The van der Waals surface area contributed by atoms with E-state index in [0.29, 0.717) is 0 Å². The Kier molecular flexibility index (Phi) is 9.25. The lowest BCUT2D eigenvalue weighted by atomic mass is 10.5. The minimum Gasteiger partial charge on any atom is -0.391 e. The summed E-state index contributed by atoms with van der Waals surface area (Å²) in [4.78, 5) is 0. The average molecular weight is 173 g/mol. The molecule has 0 rings (SSSR count). The molecule has 0 aliphatic rings. The molecule has 0 aromatic heterocycles. The van der Waals surface area contributed by atoms with Crippen molar-refractivity contribution in [2.24, 2.45) is 0 Å². The van der Waals surface area contributed by atoms with Crippen molar-refractivity contribution in [1.82, 2.24) is 0 Å². The maximum absolute atomic E-state index is 8.39. The van der Waals surface area contributed by atoms with Crippen molar-refractivity contribution in [3.8, 4) is 0 Å². The quantitative estimate of drug-likeness (QED) is 0.358. The second-order valence-electron chi connectivity index (χ2n) is 2.81. The van der Waals surface area contributed by atoms with Crippen LogP contribution in [0.5, 0.6) is 0 Å². The molecule has 0 saturated carbocycles. The molecule has 0 amide bonds. The zero-order valence-corrected chi connectivity index (χ0v) is 7.30. The largest absolute Gasteiger partial charge is 0.391 e. The highest BCUT2D eigenvalue weighted by molar-refractivity contribution is 6.06. The standard InChI is InChI=1S/C5H14NO.ClHO2/c1-6(2,3)4-5-7;1-3-2/h7H,4-5H2,1-3H3;2H/q+1;. The van der Waals surface area contributed by atoms with Gasteiger partial charge in [0.25, 0.3) is 0 Å². The Morgan fingerprint density at radius 3 is 1.70 bits per heavy atom. The van der Waals surface area contributed by atoms with E-state index in [9.17, 15) is 0 Å². The smallest absolute Gasteiger partial charge is 0.101 e. The lowest BCUT2D eigenvalue weighted by Gasteiger charge is -2.21. The number of aliphatic hydroxyl groups excluding tert-OH is 1. The van der Waals surface area contributed by atoms with E-state index in [0.717, 1.165) is 11.0 Å². The molecule has 0 aromatic carbocycles. The van der Waals surface area contributed by atoms with Crippen LogP contribution in [0.25, 0.3) is 0 Å². The first-order chi connectivity index (χ1) is 4.47. The number of likely N-dealkylation sites (N-methyl/N-ethyl adjacent to an activating group) is 1. The number of quaternary nitrogens is 1. The van der Waals surface area contributed by atoms with Crippen molar-refractivity contribution in [3.05, 3.63) is 0 Å². The fourth-order valence-electron chi connectivity index (χ4n) is 0.300. The Morgan fingerprint density at radius 2 is 1.70 bits per heavy atom. The molecule has 0 radical (unpaired) electrons. The van der Waals surface area contributed by atoms with Crippen molar-refractivity contribution in [1.29, 1.82) is 0 Å². The minimum atomic E-state index is 0.281. The van der Waals surface area contributed by atoms with E-state index in [4.69, 9.17) is 10.4 Å². The molecule has 0 atom stereocenters. The Balaban J connectivity index is 0. The van der Waals surface area contributed by atoms with Gasteiger partial charge in [-0.15, -0.1) is 4.44 Å². The summed E-state index contributed by atoms with van der Waals surface area (Å²) in [5.41, 5.74) is 0. The summed E-state index contributed by atoms with van der Waals surface area (Å²) in [6.07, 6.45) is 0. The summed E-state index contributed by atoms with van der Waals surface area (Å²) in [6, 6.07) is 0. The van der Waals surface area contributed by atoms with Crippen LogP contribution >= 0.6 is 11.9 Å². The zero-order valence-electron chi connectivity index (χ0n) is 6.54. The molecule has 64 valence electrons. The van der Waals surface area contributed by atoms with Gasteiger partial charge in [-0.05, 0) is 0 Å². The Labute approximate surface area is 66.3 Å². The van der Waals surface area contributed by atoms with Gasteiger partial charge < -0.3 is 9.59 Å². The fraction of sp³-hybridized carbons (Fsp3) is 1.00. The number of hydrogen-bond donors (Lipinski definition) is 2. The van der Waals surface area contributed by atoms with E-state index in [2.05, 4.69) is 37.4 Å². The topological polar surface area (TPSA) is 49.7 Å². The van der Waals surface area contributed by atoms with Crippen molar-refractivity contribution in [3.63, 3.8) is 0 Å². The molecular formula is C5H15ClNO3+. The molecule has 5 heteroatoms. The molecule has 10 heavy (non-hydrogen) atoms. The van der Waals surface area contributed by atoms with E-state index in [1.807, 2.05) is 0 Å². The molecule has 0 aromatic rings. The van der Waals surface area contributed by atoms with Gasteiger partial charge in [0.05, 0.1) is 39.6 Å². The van der Waals surface area contributed by atoms with Crippen LogP contribution < -0.4 is 0 Å². The van der Waals surface area contributed by atoms with Gasteiger partial charge in [0, 0.05) is 0 Å². The van der Waals surface area contributed by atoms with Crippen LogP contribution in [0.3, 0.4) is 0 Å². The summed E-state index contributed by atoms with van der Waals surface area (Å²) < 4.78 is 3.57. The molecule has 0 unspecified atom stereocenters. The molecule has 0 aliphatic carbocycles. The molecule has 4 nitrogen and oxygen atoms in total. The number of nitrogens with zero attached hydrogens (tertiary/aromatic N) is 1. The van der Waals surface area contributed by atoms with Crippen LogP contribution in [0.1, 0.15) is 0 Å². The third kappa shape index (κ3) is 24.2. The van der Waals surface area contributed by atoms with Gasteiger partial charge in [-0.1, -0.05) is 0 Å². The third-order valence-electron chi connectivity index (χ3n) is 0.771. The summed E-state index contributed by atoms with van der Waals surface area (Å²) in [5.74, 6) is 0. The van der Waals surface area contributed by atoms with Gasteiger partial charge in [-0.3, -0.25) is 0 Å². The maximum atomic E-state index is 8.39. The van der Waals surface area contributed by atoms with Gasteiger partial charge in [-0.2, -0.15) is 0 Å². The first kappa shape index (κ1) is 12.8. The summed E-state index contributed by atoms with van der Waals surface area (Å²) >= 11 is 4.05. The van der Waals surface area contributed by atoms with Crippen LogP contribution in [-0.2, 0) is 4.44 Å². The normalized spacial score (nSPS) is 10.2. The monoisotopic (exact) mass is 172 g/mol. The predicted octanol–water partition coefficient (Wildman–Crippen LogP) is 0.315. The Morgan fingerprint density at radius 1 is 1.40 bits per heavy atom. The van der Waals surface area contributed by atoms with Crippen LogP contribution in [0.2, 0.25) is 0 Å². The van der Waals surface area contributed by atoms with Gasteiger partial charge in [0.2, 0.25) is 0 Å². The highest BCUT2D eigenvalue weighted by atomic mass is 35.5. The molecule has 0 aliphatic heterocycles. The van der Waals surface area contributed by atoms with Crippen LogP contribution in [0.4, 0.5) is 0 Å². The van der Waals surface area contributed by atoms with Crippen LogP contribution in [0.15, 0.2) is 0 Å². The van der Waals surface area contributed by atoms with Gasteiger partial charge in [0.1, 0.15) is 6.54 Å². The van der Waals surface area contributed by atoms with E-state index in [1.54, 1.807) is 0 Å². The van der Waals surface area contributed by atoms with E-state index in [-0.39, 0.29) is 6.61 Å². The molecule has 0 saturated heterocycles. The number of hydrogen-bond acceptors (Lipinski definition) is 3. The number of rotatable bonds is 2. The Bertz CT molecular complexity index is 64.4. The van der Waals surface area contributed by atoms with E-state index < -0.39 is 0 Å². The first-order valence-corrected chi connectivity index (χ1v) is 3.12. The molecule has 0 fully saturated rings. The van der Waals surface area contributed by atoms with Crippen molar-refractivity contribution in [2.45, 2.75) is 0 Å². The van der Waals surface area contributed by atoms with Crippen molar-refractivity contribution < 1.29 is 19.3 Å². The molecule has 0 bridgehead atoms. The van der Waals surface area contributed by atoms with Gasteiger partial charge in [0.15, 0.2) is 0 Å². The van der Waals surface area contributed by atoms with Gasteiger partial charge in [-0.25, -0.2) is 5.26 Å². The van der Waals surface area contributed by atoms with E-state index in [1.165, 1.54) is 0 Å². The van der Waals surface area contributed by atoms with Crippen molar-refractivity contribution in [2.75, 3.05) is 34.3 Å². The average Bonchev–Trinajstić information content (AvgIpc) is 1.63. The van der Waals surface area contributed by atoms with E-state index >= 15 is 0 Å². The highest BCUT2D eigenvalue weighted by Gasteiger charge is 2.02. The Hall–Kier alpha value is 0.130. The molecule has 0 spiro atoms. The molecule has 0 heterocycles. The molecule has 2 N–H and O–H groups in total. The van der Waals surface area contributed by atoms with Crippen LogP contribution in [0, 0.1) is 0 Å². The maximum Gasteiger partial charge on any atom is 0.101 e. The lowest BCUT2D eigenvalue weighted by Crippen LogP contribution is -2.36. The zero-order chi connectivity index (χ0) is 8.62. The summed E-state index contributed by atoms with van der Waals surface area (Å²) in [7, 11) is 6.16. The fourth-order valence-corrected chi connectivity index (χ4v) is 0.300. The second kappa shape index (κ2) is 7.24. The summed E-state index contributed by atoms with van der Waals surface area (Å²) in [5, 5.41) is 15.2. The van der Waals surface area contributed by atoms with Crippen LogP contribution in [-0.4, -0.2) is 49.1 Å². The SMILES string of the molecule is C[N+](C)(C)CCO.OOCl. The number of halogens is 1. The second-order valence-corrected chi connectivity index (χ2v) is 2.94. The predicted molar refractivity (Wildman–Crippen MR) is 39.6 cm³/mol. The molecular weight excluding hydrogens is 158 g/mol. The van der Waals surface area contributed by atoms with Crippen molar-refractivity contribution >= 4 is 11.9 Å². The number of aliphatic hydroxyl groups is 1. The highest BCUT2D eigenvalue weighted by Crippen LogP contribution is 1.84. The summed E-state index contributed by atoms with van der Waals surface area (Å²) in [6.45, 7) is 1.11. The minimum absolute atomic E-state index is 0.281. The van der Waals surface area contributed by atoms with Gasteiger partial charge >= 0.3 is 0 Å². The third-order valence-corrected chi connectivity index (χ3v) is 0.771.